The van der Waals surface area contributed by atoms with E-state index in [0.717, 1.165) is 19.3 Å². The van der Waals surface area contributed by atoms with Crippen molar-refractivity contribution in [3.8, 4) is 5.75 Å². The summed E-state index contributed by atoms with van der Waals surface area (Å²) in [6.07, 6.45) is 4.37. The second-order valence-corrected chi connectivity index (χ2v) is 5.91. The van der Waals surface area contributed by atoms with Gasteiger partial charge in [0, 0.05) is 5.92 Å². The topological polar surface area (TPSA) is 81.5 Å². The number of amides is 1. The number of anilines is 1. The van der Waals surface area contributed by atoms with Crippen molar-refractivity contribution in [1.29, 1.82) is 0 Å². The molecule has 1 amide bonds. The summed E-state index contributed by atoms with van der Waals surface area (Å²) in [5.41, 5.74) is 0.111. The molecule has 1 aromatic rings. The zero-order valence-electron chi connectivity index (χ0n) is 11.9. The Bertz CT molecular complexity index is 587. The van der Waals surface area contributed by atoms with E-state index < -0.39 is 4.92 Å². The maximum Gasteiger partial charge on any atom is 0.296 e. The van der Waals surface area contributed by atoms with E-state index in [2.05, 4.69) is 5.32 Å². The van der Waals surface area contributed by atoms with Crippen LogP contribution in [0, 0.1) is 27.9 Å². The average Bonchev–Trinajstić information content (AvgIpc) is 3.10. The van der Waals surface area contributed by atoms with E-state index in [1.165, 1.54) is 25.7 Å². The minimum atomic E-state index is -0.501. The quantitative estimate of drug-likeness (QED) is 0.682. The molecule has 0 aromatic heterocycles. The summed E-state index contributed by atoms with van der Waals surface area (Å²) in [7, 11) is 1.45. The third-order valence-electron chi connectivity index (χ3n) is 4.73. The number of rotatable bonds is 4. The molecular weight excluding hydrogens is 272 g/mol. The normalized spacial score (nSPS) is 26.6. The fraction of sp³-hybridized carbons (Fsp3) is 0.533. The summed E-state index contributed by atoms with van der Waals surface area (Å²) in [5, 5.41) is 13.9. The number of benzene rings is 1. The van der Waals surface area contributed by atoms with Crippen LogP contribution in [0.2, 0.25) is 0 Å². The minimum Gasteiger partial charge on any atom is -0.496 e. The van der Waals surface area contributed by atoms with Gasteiger partial charge in [0.1, 0.15) is 11.4 Å². The molecule has 0 saturated heterocycles. The van der Waals surface area contributed by atoms with Gasteiger partial charge in [0.2, 0.25) is 5.91 Å². The van der Waals surface area contributed by atoms with Crippen LogP contribution >= 0.6 is 0 Å². The highest BCUT2D eigenvalue weighted by Gasteiger charge is 2.43. The standard InChI is InChI=1S/C15H18N2O4/c1-21-11-4-5-13(14(8-11)17(19)20)16-15(18)12-7-9-2-3-10(12)6-9/h4-5,8-10,12H,2-3,6-7H2,1H3,(H,16,18)/t9-,10-,12+/m1/s1. The predicted molar refractivity (Wildman–Crippen MR) is 77.2 cm³/mol. The van der Waals surface area contributed by atoms with Crippen molar-refractivity contribution in [2.45, 2.75) is 25.7 Å². The Labute approximate surface area is 122 Å². The van der Waals surface area contributed by atoms with Gasteiger partial charge in [-0.25, -0.2) is 0 Å². The fourth-order valence-electron chi connectivity index (χ4n) is 3.69. The number of nitrogens with one attached hydrogen (secondary N) is 1. The number of ether oxygens (including phenoxy) is 1. The van der Waals surface area contributed by atoms with Crippen LogP contribution in [0.3, 0.4) is 0 Å². The number of carbonyl (C=O) groups is 1. The van der Waals surface area contributed by atoms with Crippen LogP contribution in [-0.4, -0.2) is 17.9 Å². The van der Waals surface area contributed by atoms with E-state index in [9.17, 15) is 14.9 Å². The lowest BCUT2D eigenvalue weighted by Gasteiger charge is -2.20. The van der Waals surface area contributed by atoms with Crippen LogP contribution in [0.4, 0.5) is 11.4 Å². The van der Waals surface area contributed by atoms with Crippen molar-refractivity contribution >= 4 is 17.3 Å². The van der Waals surface area contributed by atoms with Crippen molar-refractivity contribution in [1.82, 2.24) is 0 Å². The lowest BCUT2D eigenvalue weighted by atomic mass is 9.88. The number of methoxy groups -OCH3 is 1. The molecule has 0 heterocycles. The number of hydrogen-bond donors (Lipinski definition) is 1. The van der Waals surface area contributed by atoms with E-state index in [-0.39, 0.29) is 23.2 Å². The Kier molecular flexibility index (Phi) is 3.53. The zero-order valence-corrected chi connectivity index (χ0v) is 11.9. The number of nitro groups is 1. The highest BCUT2D eigenvalue weighted by Crippen LogP contribution is 2.48. The summed E-state index contributed by atoms with van der Waals surface area (Å²) in [5.74, 6) is 1.43. The monoisotopic (exact) mass is 290 g/mol. The van der Waals surface area contributed by atoms with Crippen LogP contribution < -0.4 is 10.1 Å². The van der Waals surface area contributed by atoms with E-state index >= 15 is 0 Å². The first-order chi connectivity index (χ1) is 10.1. The van der Waals surface area contributed by atoms with Gasteiger partial charge in [0.25, 0.3) is 5.69 Å². The number of fused-ring (bicyclic) bond motifs is 2. The molecular formula is C15H18N2O4. The second-order valence-electron chi connectivity index (χ2n) is 5.91. The van der Waals surface area contributed by atoms with E-state index in [1.54, 1.807) is 6.07 Å². The molecule has 1 aromatic carbocycles. The lowest BCUT2D eigenvalue weighted by molar-refractivity contribution is -0.384. The van der Waals surface area contributed by atoms with E-state index in [4.69, 9.17) is 4.74 Å². The van der Waals surface area contributed by atoms with E-state index in [1.807, 2.05) is 0 Å². The van der Waals surface area contributed by atoms with Crippen LogP contribution in [0.5, 0.6) is 5.75 Å². The van der Waals surface area contributed by atoms with Gasteiger partial charge in [-0.1, -0.05) is 6.42 Å². The number of nitrogens with zero attached hydrogens (tertiary/aromatic N) is 1. The van der Waals surface area contributed by atoms with E-state index in [0.29, 0.717) is 17.6 Å². The molecule has 1 N–H and O–H groups in total. The molecule has 0 radical (unpaired) electrons. The summed E-state index contributed by atoms with van der Waals surface area (Å²) in [6.45, 7) is 0. The number of hydrogen-bond acceptors (Lipinski definition) is 4. The summed E-state index contributed by atoms with van der Waals surface area (Å²) in [4.78, 5) is 23.0. The van der Waals surface area contributed by atoms with Crippen molar-refractivity contribution < 1.29 is 14.5 Å². The Morgan fingerprint density at radius 1 is 1.38 bits per heavy atom. The molecule has 0 aliphatic heterocycles. The zero-order chi connectivity index (χ0) is 15.0. The molecule has 0 spiro atoms. The molecule has 2 fully saturated rings. The van der Waals surface area contributed by atoms with Gasteiger partial charge >= 0.3 is 0 Å². The van der Waals surface area contributed by atoms with Crippen LogP contribution in [0.15, 0.2) is 18.2 Å². The smallest absolute Gasteiger partial charge is 0.296 e. The molecule has 21 heavy (non-hydrogen) atoms. The first kappa shape index (κ1) is 13.9. The molecule has 6 heteroatoms. The van der Waals surface area contributed by atoms with Gasteiger partial charge in [-0.05, 0) is 43.2 Å². The molecule has 2 bridgehead atoms. The molecule has 2 saturated carbocycles. The first-order valence-corrected chi connectivity index (χ1v) is 7.21. The predicted octanol–water partition coefficient (Wildman–Crippen LogP) is 2.98. The highest BCUT2D eigenvalue weighted by molar-refractivity contribution is 5.95. The molecule has 3 atom stereocenters. The van der Waals surface area contributed by atoms with Crippen LogP contribution in [-0.2, 0) is 4.79 Å². The lowest BCUT2D eigenvalue weighted by Crippen LogP contribution is -2.27. The third-order valence-corrected chi connectivity index (χ3v) is 4.73. The van der Waals surface area contributed by atoms with Crippen molar-refractivity contribution in [3.63, 3.8) is 0 Å². The van der Waals surface area contributed by atoms with Gasteiger partial charge in [-0.3, -0.25) is 14.9 Å². The Morgan fingerprint density at radius 3 is 2.76 bits per heavy atom. The van der Waals surface area contributed by atoms with Crippen molar-refractivity contribution in [3.05, 3.63) is 28.3 Å². The summed E-state index contributed by atoms with van der Waals surface area (Å²) >= 11 is 0. The Hall–Kier alpha value is -2.11. The highest BCUT2D eigenvalue weighted by atomic mass is 16.6. The van der Waals surface area contributed by atoms with Gasteiger partial charge in [0.15, 0.2) is 0 Å². The molecule has 6 nitrogen and oxygen atoms in total. The number of nitro benzene ring substituents is 1. The minimum absolute atomic E-state index is 0.00505. The largest absolute Gasteiger partial charge is 0.496 e. The summed E-state index contributed by atoms with van der Waals surface area (Å²) < 4.78 is 4.99. The number of carbonyl (C=O) groups excluding carboxylic acids is 1. The summed E-state index contributed by atoms with van der Waals surface area (Å²) in [6, 6.07) is 4.47. The van der Waals surface area contributed by atoms with Gasteiger partial charge < -0.3 is 10.1 Å². The maximum absolute atomic E-state index is 12.4. The Morgan fingerprint density at radius 2 is 2.19 bits per heavy atom. The van der Waals surface area contributed by atoms with Crippen LogP contribution in [0.25, 0.3) is 0 Å². The SMILES string of the molecule is COc1ccc(NC(=O)[C@H]2C[C@@H]3CC[C@@H]2C3)c([N+](=O)[O-])c1. The fourth-order valence-corrected chi connectivity index (χ4v) is 3.69. The Balaban J connectivity index is 1.78. The molecule has 2 aliphatic carbocycles. The van der Waals surface area contributed by atoms with Gasteiger partial charge in [-0.15, -0.1) is 0 Å². The average molecular weight is 290 g/mol. The second kappa shape index (κ2) is 5.35. The maximum atomic E-state index is 12.4. The molecule has 3 rings (SSSR count). The van der Waals surface area contributed by atoms with Gasteiger partial charge in [-0.2, -0.15) is 0 Å². The molecule has 0 unspecified atom stereocenters. The van der Waals surface area contributed by atoms with Crippen LogP contribution in [0.1, 0.15) is 25.7 Å². The first-order valence-electron chi connectivity index (χ1n) is 7.21. The van der Waals surface area contributed by atoms with Crippen molar-refractivity contribution in [2.24, 2.45) is 17.8 Å². The third kappa shape index (κ3) is 2.57. The molecule has 112 valence electrons. The van der Waals surface area contributed by atoms with Gasteiger partial charge in [0.05, 0.1) is 18.1 Å². The van der Waals surface area contributed by atoms with Crippen molar-refractivity contribution in [2.75, 3.05) is 12.4 Å². The molecule has 2 aliphatic rings.